The summed E-state index contributed by atoms with van der Waals surface area (Å²) in [5, 5.41) is 13.8. The molecule has 0 saturated carbocycles. The van der Waals surface area contributed by atoms with Crippen LogP contribution in [0, 0.1) is 0 Å². The highest BCUT2D eigenvalue weighted by Gasteiger charge is 2.41. The number of fused-ring (bicyclic) bond motifs is 1. The van der Waals surface area contributed by atoms with Crippen molar-refractivity contribution in [2.24, 2.45) is 0 Å². The molecule has 3 rings (SSSR count). The van der Waals surface area contributed by atoms with Gasteiger partial charge in [-0.3, -0.25) is 9.69 Å². The number of nitrogens with one attached hydrogen (secondary N) is 1. The van der Waals surface area contributed by atoms with Crippen LogP contribution in [-0.4, -0.2) is 42.6 Å². The molecule has 0 aromatic carbocycles. The van der Waals surface area contributed by atoms with Gasteiger partial charge in [0.2, 0.25) is 5.91 Å². The minimum Gasteiger partial charge on any atom is -0.296 e. The molecule has 1 N–H and O–H groups in total. The van der Waals surface area contributed by atoms with Gasteiger partial charge in [-0.25, -0.2) is 5.10 Å². The van der Waals surface area contributed by atoms with E-state index in [0.29, 0.717) is 12.2 Å². The maximum Gasteiger partial charge on any atom is 0.231 e. The number of β-lactam (4-membered cyclic amide) rings is 1. The third-order valence-corrected chi connectivity index (χ3v) is 3.44. The smallest absolute Gasteiger partial charge is 0.231 e. The molecule has 1 aromatic rings. The maximum atomic E-state index is 11.4. The van der Waals surface area contributed by atoms with E-state index in [1.165, 1.54) is 0 Å². The molecule has 0 aliphatic carbocycles. The van der Waals surface area contributed by atoms with E-state index in [1.807, 2.05) is 6.08 Å². The van der Waals surface area contributed by atoms with Gasteiger partial charge in [-0.1, -0.05) is 0 Å². The first-order valence-electron chi connectivity index (χ1n) is 4.24. The van der Waals surface area contributed by atoms with Crippen LogP contribution in [0.25, 0.3) is 5.70 Å². The van der Waals surface area contributed by atoms with Crippen LogP contribution in [0.4, 0.5) is 0 Å². The summed E-state index contributed by atoms with van der Waals surface area (Å²) in [7, 11) is 0. The van der Waals surface area contributed by atoms with Crippen LogP contribution in [-0.2, 0) is 4.79 Å². The van der Waals surface area contributed by atoms with Crippen LogP contribution in [0.3, 0.4) is 0 Å². The Balaban J connectivity index is 1.98. The van der Waals surface area contributed by atoms with Crippen molar-refractivity contribution in [2.75, 3.05) is 5.75 Å². The Hall–Kier alpha value is -1.37. The number of carbonyl (C=O) groups is 1. The molecule has 1 amide bonds. The van der Waals surface area contributed by atoms with E-state index in [1.54, 1.807) is 16.7 Å². The summed E-state index contributed by atoms with van der Waals surface area (Å²) in [4.78, 5) is 13.1. The second-order valence-corrected chi connectivity index (χ2v) is 4.31. The van der Waals surface area contributed by atoms with E-state index in [2.05, 4.69) is 20.6 Å². The molecule has 1 saturated heterocycles. The lowest BCUT2D eigenvalue weighted by Crippen LogP contribution is -2.50. The first-order chi connectivity index (χ1) is 6.86. The summed E-state index contributed by atoms with van der Waals surface area (Å²) < 4.78 is 0. The quantitative estimate of drug-likeness (QED) is 0.651. The van der Waals surface area contributed by atoms with Gasteiger partial charge in [0.25, 0.3) is 0 Å². The predicted octanol–water partition coefficient (Wildman–Crippen LogP) is -0.154. The van der Waals surface area contributed by atoms with Crippen LogP contribution in [0.2, 0.25) is 0 Å². The van der Waals surface area contributed by atoms with Crippen molar-refractivity contribution in [3.63, 3.8) is 0 Å². The van der Waals surface area contributed by atoms with Crippen LogP contribution in [0.15, 0.2) is 6.08 Å². The van der Waals surface area contributed by atoms with Gasteiger partial charge in [0.15, 0.2) is 5.82 Å². The van der Waals surface area contributed by atoms with Crippen LogP contribution in [0.5, 0.6) is 0 Å². The molecule has 6 nitrogen and oxygen atoms in total. The van der Waals surface area contributed by atoms with Gasteiger partial charge in [-0.05, 0) is 16.5 Å². The summed E-state index contributed by atoms with van der Waals surface area (Å²) in [6.45, 7) is 0. The van der Waals surface area contributed by atoms with Gasteiger partial charge in [0.1, 0.15) is 0 Å². The molecule has 1 aromatic heterocycles. The zero-order valence-electron chi connectivity index (χ0n) is 7.17. The lowest BCUT2D eigenvalue weighted by Gasteiger charge is -2.42. The van der Waals surface area contributed by atoms with Gasteiger partial charge < -0.3 is 0 Å². The molecule has 1 fully saturated rings. The van der Waals surface area contributed by atoms with Gasteiger partial charge in [0, 0.05) is 5.75 Å². The number of aromatic amines is 1. The molecule has 7 heteroatoms. The monoisotopic (exact) mass is 209 g/mol. The topological polar surface area (TPSA) is 74.8 Å². The summed E-state index contributed by atoms with van der Waals surface area (Å²) in [6, 6.07) is 0. The summed E-state index contributed by atoms with van der Waals surface area (Å²) in [6.07, 6.45) is 2.60. The van der Waals surface area contributed by atoms with E-state index < -0.39 is 0 Å². The Labute approximate surface area is 83.7 Å². The highest BCUT2D eigenvalue weighted by molar-refractivity contribution is 8.00. The number of nitrogens with zero attached hydrogens (tertiary/aromatic N) is 4. The van der Waals surface area contributed by atoms with Crippen LogP contribution in [0.1, 0.15) is 12.2 Å². The first kappa shape index (κ1) is 7.98. The Morgan fingerprint density at radius 3 is 3.29 bits per heavy atom. The van der Waals surface area contributed by atoms with Crippen molar-refractivity contribution >= 4 is 23.4 Å². The summed E-state index contributed by atoms with van der Waals surface area (Å²) >= 11 is 1.76. The van der Waals surface area contributed by atoms with Crippen molar-refractivity contribution < 1.29 is 4.79 Å². The zero-order valence-corrected chi connectivity index (χ0v) is 7.99. The fourth-order valence-corrected chi connectivity index (χ4v) is 2.74. The van der Waals surface area contributed by atoms with Gasteiger partial charge in [0.05, 0.1) is 17.5 Å². The first-order valence-corrected chi connectivity index (χ1v) is 5.29. The van der Waals surface area contributed by atoms with Crippen molar-refractivity contribution in [3.8, 4) is 0 Å². The highest BCUT2D eigenvalue weighted by Crippen LogP contribution is 2.39. The van der Waals surface area contributed by atoms with Crippen molar-refractivity contribution in [1.29, 1.82) is 0 Å². The number of hydrogen-bond donors (Lipinski definition) is 1. The average Bonchev–Trinajstić information content (AvgIpc) is 2.68. The number of amides is 1. The lowest BCUT2D eigenvalue weighted by molar-refractivity contribution is -0.136. The van der Waals surface area contributed by atoms with Crippen molar-refractivity contribution in [3.05, 3.63) is 11.9 Å². The van der Waals surface area contributed by atoms with Crippen molar-refractivity contribution in [2.45, 2.75) is 11.8 Å². The standard InChI is InChI=1S/C7H7N5OS/c13-5-3-6-12(5)4(1-2-14-6)7-8-10-11-9-7/h1,6H,2-3H2,(H,8,9,10,11)/t6-/m1/s1. The number of H-pyrrole nitrogens is 1. The van der Waals surface area contributed by atoms with Crippen LogP contribution < -0.4 is 0 Å². The molecule has 14 heavy (non-hydrogen) atoms. The number of aromatic nitrogens is 4. The molecule has 3 heterocycles. The minimum absolute atomic E-state index is 0.143. The highest BCUT2D eigenvalue weighted by atomic mass is 32.2. The van der Waals surface area contributed by atoms with E-state index in [9.17, 15) is 4.79 Å². The average molecular weight is 209 g/mol. The zero-order chi connectivity index (χ0) is 9.54. The van der Waals surface area contributed by atoms with Gasteiger partial charge in [-0.2, -0.15) is 0 Å². The van der Waals surface area contributed by atoms with Crippen molar-refractivity contribution in [1.82, 2.24) is 25.5 Å². The molecular formula is C7H7N5OS. The molecule has 2 aliphatic heterocycles. The largest absolute Gasteiger partial charge is 0.296 e. The van der Waals surface area contributed by atoms with E-state index in [-0.39, 0.29) is 11.3 Å². The van der Waals surface area contributed by atoms with Gasteiger partial charge in [-0.15, -0.1) is 16.9 Å². The number of rotatable bonds is 1. The Bertz CT molecular complexity index is 400. The Morgan fingerprint density at radius 1 is 1.64 bits per heavy atom. The predicted molar refractivity (Wildman–Crippen MR) is 49.9 cm³/mol. The van der Waals surface area contributed by atoms with E-state index in [0.717, 1.165) is 11.4 Å². The molecule has 2 aliphatic rings. The molecule has 0 spiro atoms. The molecule has 0 unspecified atom stereocenters. The minimum atomic E-state index is 0.143. The van der Waals surface area contributed by atoms with E-state index >= 15 is 0 Å². The molecule has 0 bridgehead atoms. The number of hydrogen-bond acceptors (Lipinski definition) is 5. The molecule has 1 atom stereocenters. The lowest BCUT2D eigenvalue weighted by atomic mass is 10.1. The second kappa shape index (κ2) is 2.81. The SMILES string of the molecule is O=C1C[C@H]2SCC=C(c3nnn[nH]3)N12. The van der Waals surface area contributed by atoms with Crippen LogP contribution >= 0.6 is 11.8 Å². The summed E-state index contributed by atoms with van der Waals surface area (Å²) in [5.41, 5.74) is 0.815. The Morgan fingerprint density at radius 2 is 2.57 bits per heavy atom. The number of tetrazole rings is 1. The third kappa shape index (κ3) is 0.985. The normalized spacial score (nSPS) is 25.4. The fraction of sp³-hybridized carbons (Fsp3) is 0.429. The van der Waals surface area contributed by atoms with Gasteiger partial charge >= 0.3 is 0 Å². The Kier molecular flexibility index (Phi) is 1.60. The number of carbonyl (C=O) groups excluding carboxylic acids is 1. The van der Waals surface area contributed by atoms with E-state index in [4.69, 9.17) is 0 Å². The molecular weight excluding hydrogens is 202 g/mol. The molecule has 72 valence electrons. The maximum absolute atomic E-state index is 11.4. The number of thioether (sulfide) groups is 1. The third-order valence-electron chi connectivity index (χ3n) is 2.32. The summed E-state index contributed by atoms with van der Waals surface area (Å²) in [5.74, 6) is 1.62. The fourth-order valence-electron chi connectivity index (χ4n) is 1.63. The second-order valence-electron chi connectivity index (χ2n) is 3.10. The molecule has 0 radical (unpaired) electrons.